The molecule has 2 amide bonds. The molecule has 0 aromatic carbocycles. The Bertz CT molecular complexity index is 351. The van der Waals surface area contributed by atoms with Gasteiger partial charge in [0, 0.05) is 20.6 Å². The molecule has 0 aromatic heterocycles. The van der Waals surface area contributed by atoms with Crippen LogP contribution in [0.15, 0.2) is 0 Å². The van der Waals surface area contributed by atoms with Gasteiger partial charge in [0.05, 0.1) is 5.75 Å². The number of carboxylic acid groups (broad SMARTS) is 1. The summed E-state index contributed by atoms with van der Waals surface area (Å²) in [5.41, 5.74) is 0. The molecule has 3 N–H and O–H groups in total. The lowest BCUT2D eigenvalue weighted by atomic mass is 10.6. The topological polar surface area (TPSA) is 116 Å². The molecule has 16 heavy (non-hydrogen) atoms. The van der Waals surface area contributed by atoms with Crippen LogP contribution in [-0.4, -0.2) is 62.8 Å². The van der Waals surface area contributed by atoms with Crippen molar-refractivity contribution in [1.82, 2.24) is 14.9 Å². The van der Waals surface area contributed by atoms with E-state index in [0.29, 0.717) is 0 Å². The molecule has 94 valence electrons. The summed E-state index contributed by atoms with van der Waals surface area (Å²) in [4.78, 5) is 21.0. The highest BCUT2D eigenvalue weighted by Gasteiger charge is 2.13. The summed E-state index contributed by atoms with van der Waals surface area (Å²) in [7, 11) is -0.573. The summed E-state index contributed by atoms with van der Waals surface area (Å²) >= 11 is 0. The van der Waals surface area contributed by atoms with Gasteiger partial charge in [0.1, 0.15) is 6.54 Å². The Morgan fingerprint density at radius 3 is 2.25 bits per heavy atom. The number of nitrogens with one attached hydrogen (secondary N) is 2. The van der Waals surface area contributed by atoms with E-state index in [1.807, 2.05) is 5.32 Å². The number of sulfonamides is 1. The number of aliphatic carboxylic acids is 1. The molecule has 0 radical (unpaired) electrons. The molecule has 0 spiro atoms. The quantitative estimate of drug-likeness (QED) is 0.519. The lowest BCUT2D eigenvalue weighted by Gasteiger charge is -2.11. The number of hydrogen-bond donors (Lipinski definition) is 3. The zero-order chi connectivity index (χ0) is 12.8. The van der Waals surface area contributed by atoms with Crippen molar-refractivity contribution in [2.45, 2.75) is 0 Å². The third-order valence-corrected chi connectivity index (χ3v) is 3.43. The Labute approximate surface area is 93.7 Å². The van der Waals surface area contributed by atoms with Crippen molar-refractivity contribution in [2.75, 3.05) is 32.9 Å². The summed E-state index contributed by atoms with van der Waals surface area (Å²) in [5.74, 6) is -1.41. The minimum atomic E-state index is -3.35. The van der Waals surface area contributed by atoms with E-state index in [4.69, 9.17) is 5.11 Å². The molecule has 0 aliphatic heterocycles. The van der Waals surface area contributed by atoms with Crippen LogP contribution < -0.4 is 10.6 Å². The van der Waals surface area contributed by atoms with Crippen molar-refractivity contribution in [3.63, 3.8) is 0 Å². The van der Waals surface area contributed by atoms with Gasteiger partial charge >= 0.3 is 12.0 Å². The summed E-state index contributed by atoms with van der Waals surface area (Å²) in [6.07, 6.45) is 0. The SMILES string of the molecule is CN(C)S(=O)(=O)CCNC(=O)NCC(=O)O. The second kappa shape index (κ2) is 6.28. The minimum absolute atomic E-state index is 0.0774. The van der Waals surface area contributed by atoms with E-state index in [0.717, 1.165) is 4.31 Å². The van der Waals surface area contributed by atoms with Crippen LogP contribution in [-0.2, 0) is 14.8 Å². The third-order valence-electron chi connectivity index (χ3n) is 1.60. The second-order valence-corrected chi connectivity index (χ2v) is 5.40. The standard InChI is InChI=1S/C7H15N3O5S/c1-10(2)16(14,15)4-3-8-7(13)9-5-6(11)12/h3-5H2,1-2H3,(H,11,12)(H2,8,9,13). The Balaban J connectivity index is 3.83. The molecule has 0 saturated carbocycles. The van der Waals surface area contributed by atoms with E-state index in [9.17, 15) is 18.0 Å². The highest BCUT2D eigenvalue weighted by molar-refractivity contribution is 7.89. The van der Waals surface area contributed by atoms with Gasteiger partial charge in [-0.2, -0.15) is 0 Å². The van der Waals surface area contributed by atoms with E-state index in [1.165, 1.54) is 14.1 Å². The third kappa shape index (κ3) is 6.19. The van der Waals surface area contributed by atoms with Gasteiger partial charge in [0.2, 0.25) is 10.0 Å². The molecule has 0 atom stereocenters. The fraction of sp³-hybridized carbons (Fsp3) is 0.714. The number of hydrogen-bond acceptors (Lipinski definition) is 4. The lowest BCUT2D eigenvalue weighted by molar-refractivity contribution is -0.135. The van der Waals surface area contributed by atoms with E-state index in [-0.39, 0.29) is 12.3 Å². The Kier molecular flexibility index (Phi) is 5.75. The molecule has 0 aliphatic rings. The molecule has 0 aromatic rings. The van der Waals surface area contributed by atoms with E-state index < -0.39 is 28.6 Å². The Hall–Kier alpha value is -1.35. The molecular weight excluding hydrogens is 238 g/mol. The van der Waals surface area contributed by atoms with E-state index in [1.54, 1.807) is 0 Å². The molecule has 0 saturated heterocycles. The first kappa shape index (κ1) is 14.6. The molecule has 8 nitrogen and oxygen atoms in total. The first-order chi connectivity index (χ1) is 7.25. The van der Waals surface area contributed by atoms with Crippen molar-refractivity contribution < 1.29 is 23.1 Å². The van der Waals surface area contributed by atoms with Crippen LogP contribution in [0.4, 0.5) is 4.79 Å². The first-order valence-corrected chi connectivity index (χ1v) is 6.00. The van der Waals surface area contributed by atoms with Gasteiger partial charge in [0.15, 0.2) is 0 Å². The van der Waals surface area contributed by atoms with Crippen LogP contribution in [0.1, 0.15) is 0 Å². The molecular formula is C7H15N3O5S. The van der Waals surface area contributed by atoms with Gasteiger partial charge in [-0.25, -0.2) is 17.5 Å². The van der Waals surface area contributed by atoms with Gasteiger partial charge in [-0.3, -0.25) is 4.79 Å². The van der Waals surface area contributed by atoms with Crippen molar-refractivity contribution in [3.8, 4) is 0 Å². The van der Waals surface area contributed by atoms with Crippen LogP contribution in [0, 0.1) is 0 Å². The Morgan fingerprint density at radius 2 is 1.81 bits per heavy atom. The summed E-state index contributed by atoms with van der Waals surface area (Å²) < 4.78 is 23.5. The molecule has 0 unspecified atom stereocenters. The number of carbonyl (C=O) groups is 2. The highest BCUT2D eigenvalue weighted by Crippen LogP contribution is 1.91. The number of nitrogens with zero attached hydrogens (tertiary/aromatic N) is 1. The van der Waals surface area contributed by atoms with Gasteiger partial charge in [-0.15, -0.1) is 0 Å². The van der Waals surface area contributed by atoms with Crippen molar-refractivity contribution >= 4 is 22.0 Å². The largest absolute Gasteiger partial charge is 0.480 e. The molecule has 0 rings (SSSR count). The van der Waals surface area contributed by atoms with Crippen LogP contribution in [0.5, 0.6) is 0 Å². The molecule has 0 heterocycles. The zero-order valence-electron chi connectivity index (χ0n) is 9.06. The fourth-order valence-corrected chi connectivity index (χ4v) is 1.42. The van der Waals surface area contributed by atoms with Gasteiger partial charge in [-0.1, -0.05) is 0 Å². The monoisotopic (exact) mass is 253 g/mol. The van der Waals surface area contributed by atoms with E-state index in [2.05, 4.69) is 5.32 Å². The maximum atomic E-state index is 11.2. The van der Waals surface area contributed by atoms with Gasteiger partial charge in [-0.05, 0) is 0 Å². The van der Waals surface area contributed by atoms with Crippen molar-refractivity contribution in [3.05, 3.63) is 0 Å². The number of amides is 2. The highest BCUT2D eigenvalue weighted by atomic mass is 32.2. The van der Waals surface area contributed by atoms with Crippen molar-refractivity contribution in [2.24, 2.45) is 0 Å². The van der Waals surface area contributed by atoms with Gasteiger partial charge < -0.3 is 15.7 Å². The maximum Gasteiger partial charge on any atom is 0.323 e. The van der Waals surface area contributed by atoms with Crippen LogP contribution in [0.25, 0.3) is 0 Å². The number of carboxylic acids is 1. The predicted molar refractivity (Wildman–Crippen MR) is 56.5 cm³/mol. The average Bonchev–Trinajstić information content (AvgIpc) is 2.14. The molecule has 0 aliphatic carbocycles. The van der Waals surface area contributed by atoms with Crippen molar-refractivity contribution in [1.29, 1.82) is 0 Å². The average molecular weight is 253 g/mol. The maximum absolute atomic E-state index is 11.2. The second-order valence-electron chi connectivity index (χ2n) is 3.10. The van der Waals surface area contributed by atoms with Crippen LogP contribution >= 0.6 is 0 Å². The van der Waals surface area contributed by atoms with Crippen LogP contribution in [0.3, 0.4) is 0 Å². The first-order valence-electron chi connectivity index (χ1n) is 4.39. The van der Waals surface area contributed by atoms with Crippen LogP contribution in [0.2, 0.25) is 0 Å². The number of rotatable bonds is 6. The molecule has 0 bridgehead atoms. The lowest BCUT2D eigenvalue weighted by Crippen LogP contribution is -2.41. The predicted octanol–water partition coefficient (Wildman–Crippen LogP) is -1.74. The summed E-state index contributed by atoms with van der Waals surface area (Å²) in [5, 5.41) is 12.5. The number of urea groups is 1. The molecule has 9 heteroatoms. The summed E-state index contributed by atoms with van der Waals surface area (Å²) in [6.45, 7) is -0.585. The summed E-state index contributed by atoms with van der Waals surface area (Å²) in [6, 6.07) is -0.712. The normalized spacial score (nSPS) is 11.2. The van der Waals surface area contributed by atoms with Gasteiger partial charge in [0.25, 0.3) is 0 Å². The smallest absolute Gasteiger partial charge is 0.323 e. The fourth-order valence-electron chi connectivity index (χ4n) is 0.695. The minimum Gasteiger partial charge on any atom is -0.480 e. The molecule has 0 fully saturated rings. The Morgan fingerprint density at radius 1 is 1.25 bits per heavy atom. The zero-order valence-corrected chi connectivity index (χ0v) is 9.87. The van der Waals surface area contributed by atoms with E-state index >= 15 is 0 Å². The number of carbonyl (C=O) groups excluding carboxylic acids is 1.